The number of aromatic nitrogens is 5. The first-order valence-electron chi connectivity index (χ1n) is 10.7. The van der Waals surface area contributed by atoms with Gasteiger partial charge >= 0.3 is 11.7 Å². The number of hydrogen-bond donors (Lipinski definition) is 2. The number of carboxylic acids is 1. The minimum Gasteiger partial charge on any atom is -0.481 e. The van der Waals surface area contributed by atoms with E-state index in [0.29, 0.717) is 39.4 Å². The van der Waals surface area contributed by atoms with Gasteiger partial charge in [-0.15, -0.1) is 0 Å². The van der Waals surface area contributed by atoms with Gasteiger partial charge in [0.2, 0.25) is 5.95 Å². The molecule has 10 nitrogen and oxygen atoms in total. The third kappa shape index (κ3) is 4.08. The number of imidazole rings is 1. The Bertz CT molecular complexity index is 1620. The second-order valence-electron chi connectivity index (χ2n) is 8.53. The van der Waals surface area contributed by atoms with Gasteiger partial charge < -0.3 is 15.0 Å². The molecule has 0 amide bonds. The van der Waals surface area contributed by atoms with Crippen molar-refractivity contribution < 1.29 is 9.90 Å². The highest BCUT2D eigenvalue weighted by molar-refractivity contribution is 6.42. The summed E-state index contributed by atoms with van der Waals surface area (Å²) in [5, 5.41) is 13.1. The summed E-state index contributed by atoms with van der Waals surface area (Å²) < 4.78 is 4.02. The van der Waals surface area contributed by atoms with Gasteiger partial charge in [0.05, 0.1) is 22.5 Å². The number of rotatable bonds is 6. The van der Waals surface area contributed by atoms with E-state index in [1.165, 1.54) is 4.57 Å². The Labute approximate surface area is 208 Å². The van der Waals surface area contributed by atoms with Crippen LogP contribution in [0, 0.1) is 5.92 Å². The molecule has 1 saturated carbocycles. The fourth-order valence-electron chi connectivity index (χ4n) is 4.17. The van der Waals surface area contributed by atoms with Crippen molar-refractivity contribution in [2.24, 2.45) is 20.0 Å². The Balaban J connectivity index is 1.52. The number of aliphatic carboxylic acids is 1. The number of carboxylic acid groups (broad SMARTS) is 1. The molecule has 0 saturated heterocycles. The minimum absolute atomic E-state index is 0.0200. The van der Waals surface area contributed by atoms with Crippen LogP contribution in [0.5, 0.6) is 0 Å². The third-order valence-corrected chi connectivity index (χ3v) is 6.95. The summed E-state index contributed by atoms with van der Waals surface area (Å²) in [7, 11) is 3.23. The summed E-state index contributed by atoms with van der Waals surface area (Å²) >= 11 is 12.1. The van der Waals surface area contributed by atoms with Gasteiger partial charge in [0.25, 0.3) is 5.56 Å². The van der Waals surface area contributed by atoms with E-state index in [-0.39, 0.29) is 23.6 Å². The zero-order chi connectivity index (χ0) is 25.0. The van der Waals surface area contributed by atoms with Crippen LogP contribution < -0.4 is 16.6 Å². The molecule has 180 valence electrons. The predicted molar refractivity (Wildman–Crippen MR) is 132 cm³/mol. The molecule has 0 unspecified atom stereocenters. The number of benzene rings is 1. The van der Waals surface area contributed by atoms with Gasteiger partial charge in [0, 0.05) is 37.6 Å². The Morgan fingerprint density at radius 3 is 2.60 bits per heavy atom. The first-order chi connectivity index (χ1) is 16.7. The highest BCUT2D eigenvalue weighted by Crippen LogP contribution is 2.47. The smallest absolute Gasteiger partial charge is 0.332 e. The van der Waals surface area contributed by atoms with Crippen LogP contribution in [0.15, 0.2) is 46.1 Å². The molecule has 1 aliphatic rings. The van der Waals surface area contributed by atoms with E-state index in [0.717, 1.165) is 4.57 Å². The summed E-state index contributed by atoms with van der Waals surface area (Å²) in [5.74, 6) is -1.02. The van der Waals surface area contributed by atoms with Crippen LogP contribution >= 0.6 is 23.2 Å². The van der Waals surface area contributed by atoms with Crippen LogP contribution in [0.3, 0.4) is 0 Å². The van der Waals surface area contributed by atoms with Gasteiger partial charge in [0.1, 0.15) is 0 Å². The summed E-state index contributed by atoms with van der Waals surface area (Å²) in [4.78, 5) is 46.3. The van der Waals surface area contributed by atoms with E-state index < -0.39 is 23.1 Å². The quantitative estimate of drug-likeness (QED) is 0.405. The van der Waals surface area contributed by atoms with Crippen molar-refractivity contribution in [2.45, 2.75) is 18.9 Å². The summed E-state index contributed by atoms with van der Waals surface area (Å²) in [6, 6.07) is 8.43. The van der Waals surface area contributed by atoms with Crippen LogP contribution in [0.4, 0.5) is 11.6 Å². The van der Waals surface area contributed by atoms with E-state index in [1.807, 2.05) is 0 Å². The molecule has 1 aliphatic carbocycles. The van der Waals surface area contributed by atoms with Crippen molar-refractivity contribution in [2.75, 3.05) is 5.32 Å². The molecule has 0 radical (unpaired) electrons. The lowest BCUT2D eigenvalue weighted by Gasteiger charge is -2.10. The molecule has 0 spiro atoms. The van der Waals surface area contributed by atoms with Crippen molar-refractivity contribution in [3.63, 3.8) is 0 Å². The number of hydrogen-bond acceptors (Lipinski definition) is 6. The molecule has 1 fully saturated rings. The van der Waals surface area contributed by atoms with E-state index in [1.54, 1.807) is 55.2 Å². The highest BCUT2D eigenvalue weighted by Gasteiger charge is 2.45. The summed E-state index contributed by atoms with van der Waals surface area (Å²) in [6.07, 6.45) is 2.15. The third-order valence-electron chi connectivity index (χ3n) is 6.21. The first-order valence-corrected chi connectivity index (χ1v) is 11.5. The molecular formula is C23H20Cl2N6O4. The normalized spacial score (nSPS) is 17.0. The van der Waals surface area contributed by atoms with E-state index in [9.17, 15) is 19.5 Å². The Morgan fingerprint density at radius 1 is 1.14 bits per heavy atom. The zero-order valence-corrected chi connectivity index (χ0v) is 20.2. The number of fused-ring (bicyclic) bond motifs is 1. The zero-order valence-electron chi connectivity index (χ0n) is 18.7. The lowest BCUT2D eigenvalue weighted by atomic mass is 10.2. The monoisotopic (exact) mass is 514 g/mol. The molecule has 0 aliphatic heterocycles. The van der Waals surface area contributed by atoms with Crippen molar-refractivity contribution in [3.05, 3.63) is 78.7 Å². The first kappa shape index (κ1) is 23.1. The van der Waals surface area contributed by atoms with Gasteiger partial charge in [-0.1, -0.05) is 29.3 Å². The molecule has 2 N–H and O–H groups in total. The topological polar surface area (TPSA) is 124 Å². The van der Waals surface area contributed by atoms with E-state index in [2.05, 4.69) is 15.3 Å². The Hall–Kier alpha value is -3.63. The van der Waals surface area contributed by atoms with Crippen molar-refractivity contribution >= 4 is 52.0 Å². The number of nitrogens with one attached hydrogen (secondary N) is 1. The lowest BCUT2D eigenvalue weighted by Crippen LogP contribution is -2.39. The summed E-state index contributed by atoms with van der Waals surface area (Å²) in [5.41, 5.74) is 1.45. The van der Waals surface area contributed by atoms with Crippen LogP contribution in [0.1, 0.15) is 23.6 Å². The minimum atomic E-state index is -0.830. The molecule has 0 bridgehead atoms. The van der Waals surface area contributed by atoms with Gasteiger partial charge in [-0.05, 0) is 36.2 Å². The molecule has 5 rings (SSSR count). The number of anilines is 2. The maximum atomic E-state index is 13.3. The molecule has 3 heterocycles. The largest absolute Gasteiger partial charge is 0.481 e. The molecular weight excluding hydrogens is 495 g/mol. The van der Waals surface area contributed by atoms with Gasteiger partial charge in [-0.2, -0.15) is 4.98 Å². The Morgan fingerprint density at radius 2 is 1.91 bits per heavy atom. The Kier molecular flexibility index (Phi) is 5.65. The lowest BCUT2D eigenvalue weighted by molar-refractivity contribution is -0.138. The molecule has 4 aromatic rings. The van der Waals surface area contributed by atoms with Crippen LogP contribution in [0.2, 0.25) is 10.0 Å². The highest BCUT2D eigenvalue weighted by atomic mass is 35.5. The molecule has 12 heteroatoms. The number of halogens is 2. The summed E-state index contributed by atoms with van der Waals surface area (Å²) in [6.45, 7) is 0.0200. The van der Waals surface area contributed by atoms with E-state index >= 15 is 0 Å². The molecule has 3 aromatic heterocycles. The van der Waals surface area contributed by atoms with Crippen LogP contribution in [-0.4, -0.2) is 34.7 Å². The maximum absolute atomic E-state index is 13.3. The average Bonchev–Trinajstić information content (AvgIpc) is 3.57. The van der Waals surface area contributed by atoms with Crippen LogP contribution in [0.25, 0.3) is 11.2 Å². The number of carbonyl (C=O) groups is 1. The SMILES string of the molecule is Cn1c(Nc2ccnc([C@@H]3C[C@H]3C(=O)O)c2)nc2c1c(=O)n(Cc1ccc(Cl)c(Cl)c1)c(=O)n2C. The predicted octanol–water partition coefficient (Wildman–Crippen LogP) is 3.12. The number of aryl methyl sites for hydroxylation is 2. The maximum Gasteiger partial charge on any atom is 0.332 e. The van der Waals surface area contributed by atoms with Crippen molar-refractivity contribution in [1.82, 2.24) is 23.7 Å². The van der Waals surface area contributed by atoms with Crippen LogP contribution in [-0.2, 0) is 25.4 Å². The second kappa shape index (κ2) is 8.54. The number of pyridine rings is 1. The molecule has 35 heavy (non-hydrogen) atoms. The standard InChI is InChI=1S/C23H20Cl2N6O4/c1-29-18-19(28-22(29)27-12-5-6-26-17(8-12)13-9-14(13)21(33)34)30(2)23(35)31(20(18)32)10-11-3-4-15(24)16(25)7-11/h3-8,13-14H,9-10H2,1-2H3,(H,33,34)(H,26,27,28)/t13-,14-/m1/s1. The fourth-order valence-corrected chi connectivity index (χ4v) is 4.49. The van der Waals surface area contributed by atoms with Gasteiger partial charge in [-0.25, -0.2) is 4.79 Å². The average molecular weight is 515 g/mol. The molecule has 2 atom stereocenters. The molecule has 1 aromatic carbocycles. The van der Waals surface area contributed by atoms with Gasteiger partial charge in [-0.3, -0.25) is 23.7 Å². The van der Waals surface area contributed by atoms with Crippen molar-refractivity contribution in [1.29, 1.82) is 0 Å². The van der Waals surface area contributed by atoms with E-state index in [4.69, 9.17) is 23.2 Å². The second-order valence-corrected chi connectivity index (χ2v) is 9.34. The fraction of sp³-hybridized carbons (Fsp3) is 0.261. The number of nitrogens with zero attached hydrogens (tertiary/aromatic N) is 5. The van der Waals surface area contributed by atoms with Crippen molar-refractivity contribution in [3.8, 4) is 0 Å². The van der Waals surface area contributed by atoms with Gasteiger partial charge in [0.15, 0.2) is 11.2 Å².